The lowest BCUT2D eigenvalue weighted by Gasteiger charge is -2.19. The first kappa shape index (κ1) is 14.8. The van der Waals surface area contributed by atoms with Gasteiger partial charge in [0, 0.05) is 0 Å². The largest absolute Gasteiger partial charge is 0.368 e. The number of carbonyl (C=O) groups is 1. The molecule has 90 valence electrons. The van der Waals surface area contributed by atoms with Crippen LogP contribution in [0.4, 0.5) is 0 Å². The Bertz CT molecular complexity index is 183. The lowest BCUT2D eigenvalue weighted by Crippen LogP contribution is -2.49. The van der Waals surface area contributed by atoms with Gasteiger partial charge in [-0.15, -0.1) is 0 Å². The van der Waals surface area contributed by atoms with Gasteiger partial charge in [0.25, 0.3) is 0 Å². The van der Waals surface area contributed by atoms with Crippen LogP contribution in [0.2, 0.25) is 0 Å². The van der Waals surface area contributed by atoms with Crippen molar-refractivity contribution in [1.29, 1.82) is 0 Å². The molecule has 4 heteroatoms. The van der Waals surface area contributed by atoms with Gasteiger partial charge in [-0.25, -0.2) is 0 Å². The van der Waals surface area contributed by atoms with E-state index in [1.54, 1.807) is 6.92 Å². The van der Waals surface area contributed by atoms with Crippen LogP contribution in [0.5, 0.6) is 0 Å². The Balaban J connectivity index is 3.35. The fraction of sp³-hybridized carbons (Fsp3) is 0.909. The molecule has 0 saturated carbocycles. The van der Waals surface area contributed by atoms with Crippen molar-refractivity contribution in [3.8, 4) is 0 Å². The van der Waals surface area contributed by atoms with Crippen LogP contribution in [-0.2, 0) is 4.79 Å². The summed E-state index contributed by atoms with van der Waals surface area (Å²) in [4.78, 5) is 10.9. The molecule has 0 aromatic rings. The smallest absolute Gasteiger partial charge is 0.237 e. The van der Waals surface area contributed by atoms with Crippen LogP contribution in [0, 0.1) is 0 Å². The van der Waals surface area contributed by atoms with Crippen molar-refractivity contribution in [2.24, 2.45) is 11.5 Å². The van der Waals surface area contributed by atoms with Gasteiger partial charge in [-0.05, 0) is 37.7 Å². The predicted octanol–water partition coefficient (Wildman–Crippen LogP) is 1.89. The number of unbranched alkanes of at least 4 members (excludes halogenated alkanes) is 2. The molecule has 0 radical (unpaired) electrons. The highest BCUT2D eigenvalue weighted by atomic mass is 32.2. The van der Waals surface area contributed by atoms with E-state index in [0.29, 0.717) is 6.42 Å². The molecule has 0 aromatic carbocycles. The Morgan fingerprint density at radius 1 is 1.27 bits per heavy atom. The first-order valence-electron chi connectivity index (χ1n) is 5.67. The third-order valence-corrected chi connectivity index (χ3v) is 3.59. The van der Waals surface area contributed by atoms with Gasteiger partial charge in [0.2, 0.25) is 5.91 Å². The van der Waals surface area contributed by atoms with Gasteiger partial charge in [-0.3, -0.25) is 4.79 Å². The maximum absolute atomic E-state index is 10.9. The highest BCUT2D eigenvalue weighted by molar-refractivity contribution is 7.99. The zero-order valence-corrected chi connectivity index (χ0v) is 10.7. The molecule has 0 aliphatic heterocycles. The van der Waals surface area contributed by atoms with Crippen molar-refractivity contribution >= 4 is 17.7 Å². The summed E-state index contributed by atoms with van der Waals surface area (Å²) < 4.78 is 0. The van der Waals surface area contributed by atoms with Gasteiger partial charge >= 0.3 is 0 Å². The van der Waals surface area contributed by atoms with Gasteiger partial charge in [0.05, 0.1) is 5.54 Å². The molecule has 15 heavy (non-hydrogen) atoms. The van der Waals surface area contributed by atoms with Crippen molar-refractivity contribution < 1.29 is 4.79 Å². The van der Waals surface area contributed by atoms with Crippen LogP contribution in [0.25, 0.3) is 0 Å². The molecule has 0 heterocycles. The zero-order valence-electron chi connectivity index (χ0n) is 9.92. The molecule has 0 aromatic heterocycles. The Hall–Kier alpha value is -0.220. The molecule has 3 nitrogen and oxygen atoms in total. The van der Waals surface area contributed by atoms with E-state index in [1.807, 2.05) is 11.8 Å². The summed E-state index contributed by atoms with van der Waals surface area (Å²) in [7, 11) is 0. The van der Waals surface area contributed by atoms with Crippen LogP contribution < -0.4 is 11.5 Å². The van der Waals surface area contributed by atoms with E-state index in [9.17, 15) is 4.79 Å². The topological polar surface area (TPSA) is 69.1 Å². The number of primary amides is 1. The second-order valence-electron chi connectivity index (χ2n) is 4.20. The van der Waals surface area contributed by atoms with E-state index in [1.165, 1.54) is 18.6 Å². The lowest BCUT2D eigenvalue weighted by atomic mass is 9.96. The average Bonchev–Trinajstić information content (AvgIpc) is 2.16. The number of hydrogen-bond acceptors (Lipinski definition) is 3. The van der Waals surface area contributed by atoms with Gasteiger partial charge in [-0.1, -0.05) is 19.8 Å². The molecule has 1 atom stereocenters. The van der Waals surface area contributed by atoms with Crippen molar-refractivity contribution in [1.82, 2.24) is 0 Å². The number of thioether (sulfide) groups is 1. The van der Waals surface area contributed by atoms with E-state index < -0.39 is 11.4 Å². The molecule has 0 rings (SSSR count). The molecule has 0 aliphatic carbocycles. The lowest BCUT2D eigenvalue weighted by molar-refractivity contribution is -0.122. The maximum atomic E-state index is 10.9. The summed E-state index contributed by atoms with van der Waals surface area (Å²) >= 11 is 1.98. The summed E-state index contributed by atoms with van der Waals surface area (Å²) in [5, 5.41) is 0. The molecule has 0 saturated heterocycles. The monoisotopic (exact) mass is 232 g/mol. The minimum atomic E-state index is -0.825. The molecular formula is C11H24N2OS. The van der Waals surface area contributed by atoms with Crippen molar-refractivity contribution in [3.63, 3.8) is 0 Å². The van der Waals surface area contributed by atoms with Crippen LogP contribution >= 0.6 is 11.8 Å². The quantitative estimate of drug-likeness (QED) is 0.596. The molecule has 1 unspecified atom stereocenters. The molecule has 1 amide bonds. The van der Waals surface area contributed by atoms with Gasteiger partial charge in [0.1, 0.15) is 0 Å². The predicted molar refractivity (Wildman–Crippen MR) is 67.9 cm³/mol. The molecule has 0 aliphatic rings. The normalized spacial score (nSPS) is 14.9. The fourth-order valence-corrected chi connectivity index (χ4v) is 2.27. The van der Waals surface area contributed by atoms with Gasteiger partial charge in [0.15, 0.2) is 0 Å². The Labute approximate surface area is 97.4 Å². The average molecular weight is 232 g/mol. The van der Waals surface area contributed by atoms with Crippen LogP contribution in [0.1, 0.15) is 46.0 Å². The Morgan fingerprint density at radius 3 is 2.40 bits per heavy atom. The van der Waals surface area contributed by atoms with Gasteiger partial charge in [-0.2, -0.15) is 11.8 Å². The second-order valence-corrected chi connectivity index (χ2v) is 5.43. The summed E-state index contributed by atoms with van der Waals surface area (Å²) in [6.45, 7) is 3.91. The standard InChI is InChI=1S/C11H24N2OS/c1-3-4-8-15-9-6-5-7-11(2,13)10(12)14/h3-9,13H2,1-2H3,(H2,12,14). The van der Waals surface area contributed by atoms with Gasteiger partial charge < -0.3 is 11.5 Å². The molecule has 0 bridgehead atoms. The molecular weight excluding hydrogens is 208 g/mol. The Morgan fingerprint density at radius 2 is 1.87 bits per heavy atom. The number of nitrogens with two attached hydrogens (primary N) is 2. The maximum Gasteiger partial charge on any atom is 0.237 e. The van der Waals surface area contributed by atoms with Crippen molar-refractivity contribution in [3.05, 3.63) is 0 Å². The first-order chi connectivity index (χ1) is 7.00. The molecule has 0 fully saturated rings. The SMILES string of the molecule is CCCCSCCCCC(C)(N)C(N)=O. The first-order valence-corrected chi connectivity index (χ1v) is 6.82. The third kappa shape index (κ3) is 7.68. The molecule has 0 spiro atoms. The summed E-state index contributed by atoms with van der Waals surface area (Å²) in [5.74, 6) is 2.00. The summed E-state index contributed by atoms with van der Waals surface area (Å²) in [6, 6.07) is 0. The zero-order chi connectivity index (χ0) is 11.7. The minimum Gasteiger partial charge on any atom is -0.368 e. The Kier molecular flexibility index (Phi) is 7.88. The van der Waals surface area contributed by atoms with E-state index in [4.69, 9.17) is 11.5 Å². The number of carbonyl (C=O) groups excluding carboxylic acids is 1. The van der Waals surface area contributed by atoms with E-state index in [0.717, 1.165) is 18.6 Å². The van der Waals surface area contributed by atoms with Crippen molar-refractivity contribution in [2.45, 2.75) is 51.5 Å². The highest BCUT2D eigenvalue weighted by Crippen LogP contribution is 2.13. The van der Waals surface area contributed by atoms with E-state index in [2.05, 4.69) is 6.92 Å². The van der Waals surface area contributed by atoms with E-state index >= 15 is 0 Å². The highest BCUT2D eigenvalue weighted by Gasteiger charge is 2.24. The minimum absolute atomic E-state index is 0.402. The van der Waals surface area contributed by atoms with Crippen LogP contribution in [0.15, 0.2) is 0 Å². The molecule has 4 N–H and O–H groups in total. The number of hydrogen-bond donors (Lipinski definition) is 2. The van der Waals surface area contributed by atoms with Crippen molar-refractivity contribution in [2.75, 3.05) is 11.5 Å². The van der Waals surface area contributed by atoms with E-state index in [-0.39, 0.29) is 0 Å². The number of rotatable bonds is 9. The third-order valence-electron chi connectivity index (χ3n) is 2.44. The van der Waals surface area contributed by atoms with Crippen LogP contribution in [-0.4, -0.2) is 23.0 Å². The summed E-state index contributed by atoms with van der Waals surface area (Å²) in [6.07, 6.45) is 5.34. The fourth-order valence-electron chi connectivity index (χ4n) is 1.17. The second kappa shape index (κ2) is 7.99. The summed E-state index contributed by atoms with van der Waals surface area (Å²) in [5.41, 5.74) is 10.1. The van der Waals surface area contributed by atoms with Crippen LogP contribution in [0.3, 0.4) is 0 Å². The number of amides is 1.